The number of hydrogen-bond acceptors (Lipinski definition) is 4. The van der Waals surface area contributed by atoms with Gasteiger partial charge in [-0.2, -0.15) is 4.31 Å². The first-order valence-electron chi connectivity index (χ1n) is 7.66. The zero-order valence-electron chi connectivity index (χ0n) is 14.1. The summed E-state index contributed by atoms with van der Waals surface area (Å²) in [5.74, 6) is -0.282. The van der Waals surface area contributed by atoms with E-state index in [2.05, 4.69) is 4.98 Å². The molecule has 2 aromatic rings. The van der Waals surface area contributed by atoms with Crippen LogP contribution in [0.4, 0.5) is 0 Å². The van der Waals surface area contributed by atoms with Crippen LogP contribution in [0.1, 0.15) is 5.69 Å². The van der Waals surface area contributed by atoms with Crippen molar-refractivity contribution in [3.8, 4) is 0 Å². The summed E-state index contributed by atoms with van der Waals surface area (Å²) in [6.07, 6.45) is 2.31. The fourth-order valence-corrected chi connectivity index (χ4v) is 3.38. The third-order valence-electron chi connectivity index (χ3n) is 3.73. The Labute approximate surface area is 153 Å². The first-order valence-corrected chi connectivity index (χ1v) is 9.48. The van der Waals surface area contributed by atoms with Crippen LogP contribution in [0.5, 0.6) is 0 Å². The molecule has 1 aromatic heterocycles. The van der Waals surface area contributed by atoms with Crippen molar-refractivity contribution in [3.05, 3.63) is 59.4 Å². The second kappa shape index (κ2) is 8.42. The zero-order chi connectivity index (χ0) is 18.4. The molecule has 2 rings (SSSR count). The Balaban J connectivity index is 1.95. The van der Waals surface area contributed by atoms with Gasteiger partial charge in [0.25, 0.3) is 0 Å². The van der Waals surface area contributed by atoms with Gasteiger partial charge >= 0.3 is 0 Å². The molecule has 0 saturated heterocycles. The lowest BCUT2D eigenvalue weighted by Crippen LogP contribution is -2.40. The third kappa shape index (κ3) is 5.26. The molecule has 1 amide bonds. The van der Waals surface area contributed by atoms with Gasteiger partial charge in [-0.05, 0) is 36.4 Å². The summed E-state index contributed by atoms with van der Waals surface area (Å²) in [6.45, 7) is 0.231. The van der Waals surface area contributed by atoms with Crippen LogP contribution in [0.3, 0.4) is 0 Å². The Morgan fingerprint density at radius 1 is 1.12 bits per heavy atom. The van der Waals surface area contributed by atoms with E-state index in [1.54, 1.807) is 13.2 Å². The molecule has 1 heterocycles. The van der Waals surface area contributed by atoms with Gasteiger partial charge in [-0.3, -0.25) is 9.78 Å². The number of carbonyl (C=O) groups excluding carboxylic acids is 1. The van der Waals surface area contributed by atoms with Crippen molar-refractivity contribution in [2.24, 2.45) is 0 Å². The molecule has 0 bridgehead atoms. The summed E-state index contributed by atoms with van der Waals surface area (Å²) in [5, 5.41) is 0.451. The van der Waals surface area contributed by atoms with Crippen LogP contribution in [0.25, 0.3) is 0 Å². The number of pyridine rings is 1. The summed E-state index contributed by atoms with van der Waals surface area (Å²) in [7, 11) is -0.706. The molecule has 0 saturated carbocycles. The monoisotopic (exact) mass is 381 g/mol. The summed E-state index contributed by atoms with van der Waals surface area (Å²) in [4.78, 5) is 18.1. The standard InChI is InChI=1S/C17H20ClN3O3S/c1-20(12-10-15-5-3-4-11-19-15)17(22)13-21(2)25(23,24)16-8-6-14(18)7-9-16/h3-9,11H,10,12-13H2,1-2H3. The largest absolute Gasteiger partial charge is 0.344 e. The summed E-state index contributed by atoms with van der Waals surface area (Å²) >= 11 is 5.78. The van der Waals surface area contributed by atoms with Gasteiger partial charge in [0.15, 0.2) is 0 Å². The highest BCUT2D eigenvalue weighted by atomic mass is 35.5. The topological polar surface area (TPSA) is 70.6 Å². The van der Waals surface area contributed by atoms with E-state index in [0.717, 1.165) is 10.00 Å². The lowest BCUT2D eigenvalue weighted by Gasteiger charge is -2.21. The molecule has 0 atom stereocenters. The predicted molar refractivity (Wildman–Crippen MR) is 96.8 cm³/mol. The van der Waals surface area contributed by atoms with Gasteiger partial charge in [-0.15, -0.1) is 0 Å². The van der Waals surface area contributed by atoms with E-state index in [4.69, 9.17) is 11.6 Å². The second-order valence-corrected chi connectivity index (χ2v) is 8.08. The second-order valence-electron chi connectivity index (χ2n) is 5.60. The van der Waals surface area contributed by atoms with Crippen LogP contribution < -0.4 is 0 Å². The lowest BCUT2D eigenvalue weighted by molar-refractivity contribution is -0.129. The van der Waals surface area contributed by atoms with Crippen molar-refractivity contribution >= 4 is 27.5 Å². The van der Waals surface area contributed by atoms with E-state index in [1.807, 2.05) is 18.2 Å². The maximum Gasteiger partial charge on any atom is 0.243 e. The molecule has 1 aromatic carbocycles. The minimum absolute atomic E-state index is 0.100. The van der Waals surface area contributed by atoms with Crippen LogP contribution in [-0.4, -0.2) is 55.7 Å². The van der Waals surface area contributed by atoms with Crippen LogP contribution in [-0.2, 0) is 21.2 Å². The molecule has 0 radical (unpaired) electrons. The Bertz CT molecular complexity index is 811. The summed E-state index contributed by atoms with van der Waals surface area (Å²) in [5.41, 5.74) is 0.879. The lowest BCUT2D eigenvalue weighted by atomic mass is 10.2. The highest BCUT2D eigenvalue weighted by Gasteiger charge is 2.24. The molecule has 0 aliphatic carbocycles. The summed E-state index contributed by atoms with van der Waals surface area (Å²) < 4.78 is 26.0. The van der Waals surface area contributed by atoms with Crippen LogP contribution in [0, 0.1) is 0 Å². The molecule has 6 nitrogen and oxygen atoms in total. The Morgan fingerprint density at radius 3 is 2.40 bits per heavy atom. The Morgan fingerprint density at radius 2 is 1.80 bits per heavy atom. The van der Waals surface area contributed by atoms with Crippen LogP contribution >= 0.6 is 11.6 Å². The van der Waals surface area contributed by atoms with Gasteiger partial charge in [0, 0.05) is 44.0 Å². The quantitative estimate of drug-likeness (QED) is 0.736. The Kier molecular flexibility index (Phi) is 6.52. The van der Waals surface area contributed by atoms with Gasteiger partial charge in [0.2, 0.25) is 15.9 Å². The van der Waals surface area contributed by atoms with E-state index in [-0.39, 0.29) is 17.3 Å². The molecule has 8 heteroatoms. The number of amides is 1. The van der Waals surface area contributed by atoms with Crippen LogP contribution in [0.2, 0.25) is 5.02 Å². The molecule has 25 heavy (non-hydrogen) atoms. The van der Waals surface area contributed by atoms with Crippen molar-refractivity contribution in [1.82, 2.24) is 14.2 Å². The van der Waals surface area contributed by atoms with Gasteiger partial charge in [0.05, 0.1) is 11.4 Å². The number of sulfonamides is 1. The number of carbonyl (C=O) groups is 1. The molecular weight excluding hydrogens is 362 g/mol. The van der Waals surface area contributed by atoms with Crippen molar-refractivity contribution in [1.29, 1.82) is 0 Å². The van der Waals surface area contributed by atoms with E-state index >= 15 is 0 Å². The van der Waals surface area contributed by atoms with E-state index in [9.17, 15) is 13.2 Å². The number of benzene rings is 1. The number of hydrogen-bond donors (Lipinski definition) is 0. The average molecular weight is 382 g/mol. The fourth-order valence-electron chi connectivity index (χ4n) is 2.14. The van der Waals surface area contributed by atoms with Crippen LogP contribution in [0.15, 0.2) is 53.6 Å². The van der Waals surface area contributed by atoms with E-state index in [0.29, 0.717) is 18.0 Å². The number of halogens is 1. The first kappa shape index (κ1) is 19.4. The Hall–Kier alpha value is -1.96. The predicted octanol–water partition coefficient (Wildman–Crippen LogP) is 2.06. The van der Waals surface area contributed by atoms with Crippen molar-refractivity contribution in [2.45, 2.75) is 11.3 Å². The van der Waals surface area contributed by atoms with E-state index in [1.165, 1.54) is 36.2 Å². The number of rotatable bonds is 7. The molecule has 0 aliphatic rings. The van der Waals surface area contributed by atoms with Crippen molar-refractivity contribution in [2.75, 3.05) is 27.2 Å². The highest BCUT2D eigenvalue weighted by molar-refractivity contribution is 7.89. The zero-order valence-corrected chi connectivity index (χ0v) is 15.7. The van der Waals surface area contributed by atoms with Gasteiger partial charge in [-0.25, -0.2) is 8.42 Å². The molecule has 0 aliphatic heterocycles. The van der Waals surface area contributed by atoms with Crippen molar-refractivity contribution < 1.29 is 13.2 Å². The first-order chi connectivity index (χ1) is 11.8. The molecule has 134 valence electrons. The minimum atomic E-state index is -3.74. The van der Waals surface area contributed by atoms with Gasteiger partial charge in [-0.1, -0.05) is 17.7 Å². The molecule has 0 fully saturated rings. The molecular formula is C17H20ClN3O3S. The SMILES string of the molecule is CN(CCc1ccccn1)C(=O)CN(C)S(=O)(=O)c1ccc(Cl)cc1. The number of aromatic nitrogens is 1. The molecule has 0 N–H and O–H groups in total. The number of likely N-dealkylation sites (N-methyl/N-ethyl adjacent to an activating group) is 2. The number of nitrogens with zero attached hydrogens (tertiary/aromatic N) is 3. The summed E-state index contributed by atoms with van der Waals surface area (Å²) in [6, 6.07) is 11.4. The highest BCUT2D eigenvalue weighted by Crippen LogP contribution is 2.17. The van der Waals surface area contributed by atoms with Gasteiger partial charge in [0.1, 0.15) is 0 Å². The maximum atomic E-state index is 12.5. The maximum absolute atomic E-state index is 12.5. The fraction of sp³-hybridized carbons (Fsp3) is 0.294. The molecule has 0 spiro atoms. The van der Waals surface area contributed by atoms with Crippen molar-refractivity contribution in [3.63, 3.8) is 0 Å². The normalized spacial score (nSPS) is 11.5. The van der Waals surface area contributed by atoms with E-state index < -0.39 is 10.0 Å². The third-order valence-corrected chi connectivity index (χ3v) is 5.80. The van der Waals surface area contributed by atoms with Gasteiger partial charge < -0.3 is 4.90 Å². The minimum Gasteiger partial charge on any atom is -0.344 e. The average Bonchev–Trinajstić information content (AvgIpc) is 2.60. The molecule has 0 unspecified atom stereocenters. The smallest absolute Gasteiger partial charge is 0.243 e.